The van der Waals surface area contributed by atoms with E-state index in [1.165, 1.54) is 5.56 Å². The van der Waals surface area contributed by atoms with Crippen molar-refractivity contribution in [2.45, 2.75) is 25.8 Å². The zero-order valence-electron chi connectivity index (χ0n) is 12.4. The van der Waals surface area contributed by atoms with Gasteiger partial charge in [0.1, 0.15) is 0 Å². The maximum absolute atomic E-state index is 11.0. The topological polar surface area (TPSA) is 55.1 Å². The molecule has 1 amide bonds. The first kappa shape index (κ1) is 15.3. The van der Waals surface area contributed by atoms with Crippen molar-refractivity contribution in [3.05, 3.63) is 71.3 Å². The Morgan fingerprint density at radius 3 is 2.38 bits per heavy atom. The summed E-state index contributed by atoms with van der Waals surface area (Å²) in [6.45, 7) is 4.02. The second-order valence-electron chi connectivity index (χ2n) is 5.34. The van der Waals surface area contributed by atoms with E-state index in [2.05, 4.69) is 36.5 Å². The van der Waals surface area contributed by atoms with Crippen LogP contribution in [0.15, 0.2) is 54.6 Å². The number of hydrogen-bond donors (Lipinski definition) is 2. The molecule has 3 N–H and O–H groups in total. The Morgan fingerprint density at radius 1 is 1.10 bits per heavy atom. The van der Waals surface area contributed by atoms with E-state index < -0.39 is 0 Å². The van der Waals surface area contributed by atoms with E-state index in [1.54, 1.807) is 12.1 Å². The van der Waals surface area contributed by atoms with Crippen LogP contribution < -0.4 is 11.1 Å². The molecule has 0 aliphatic carbocycles. The van der Waals surface area contributed by atoms with Crippen LogP contribution in [-0.4, -0.2) is 12.5 Å². The summed E-state index contributed by atoms with van der Waals surface area (Å²) >= 11 is 0. The van der Waals surface area contributed by atoms with Crippen LogP contribution in [0.4, 0.5) is 0 Å². The Labute approximate surface area is 126 Å². The van der Waals surface area contributed by atoms with Crippen LogP contribution in [0.25, 0.3) is 0 Å². The molecule has 3 nitrogen and oxygen atoms in total. The van der Waals surface area contributed by atoms with Crippen LogP contribution in [0.3, 0.4) is 0 Å². The molecule has 0 saturated heterocycles. The SMILES string of the molecule is CC(CCNCc1ccc(C(N)=O)cc1)c1ccccc1. The maximum Gasteiger partial charge on any atom is 0.248 e. The van der Waals surface area contributed by atoms with Gasteiger partial charge in [0.25, 0.3) is 0 Å². The van der Waals surface area contributed by atoms with E-state index in [-0.39, 0.29) is 5.91 Å². The summed E-state index contributed by atoms with van der Waals surface area (Å²) in [5.41, 5.74) is 8.31. The maximum atomic E-state index is 11.0. The lowest BCUT2D eigenvalue weighted by Gasteiger charge is -2.12. The van der Waals surface area contributed by atoms with Gasteiger partial charge in [0.05, 0.1) is 0 Å². The van der Waals surface area contributed by atoms with Gasteiger partial charge in [0, 0.05) is 12.1 Å². The van der Waals surface area contributed by atoms with Crippen LogP contribution in [0.5, 0.6) is 0 Å². The molecule has 1 atom stereocenters. The van der Waals surface area contributed by atoms with Crippen molar-refractivity contribution in [3.63, 3.8) is 0 Å². The monoisotopic (exact) mass is 282 g/mol. The molecule has 2 rings (SSSR count). The van der Waals surface area contributed by atoms with Gasteiger partial charge in [-0.3, -0.25) is 4.79 Å². The summed E-state index contributed by atoms with van der Waals surface area (Å²) < 4.78 is 0. The van der Waals surface area contributed by atoms with Gasteiger partial charge in [-0.15, -0.1) is 0 Å². The second kappa shape index (κ2) is 7.60. The summed E-state index contributed by atoms with van der Waals surface area (Å²) in [6, 6.07) is 18.0. The minimum absolute atomic E-state index is 0.383. The van der Waals surface area contributed by atoms with Crippen molar-refractivity contribution < 1.29 is 4.79 Å². The molecule has 0 spiro atoms. The zero-order chi connectivity index (χ0) is 15.1. The first-order valence-electron chi connectivity index (χ1n) is 7.31. The van der Waals surface area contributed by atoms with Crippen molar-refractivity contribution in [2.75, 3.05) is 6.54 Å². The molecular formula is C18H22N2O. The molecule has 1 unspecified atom stereocenters. The molecule has 0 radical (unpaired) electrons. The molecule has 3 heteroatoms. The lowest BCUT2D eigenvalue weighted by Crippen LogP contribution is -2.17. The average Bonchev–Trinajstić information content (AvgIpc) is 2.52. The lowest BCUT2D eigenvalue weighted by molar-refractivity contribution is 0.100. The number of nitrogens with one attached hydrogen (secondary N) is 1. The van der Waals surface area contributed by atoms with Gasteiger partial charge in [-0.05, 0) is 42.1 Å². The van der Waals surface area contributed by atoms with Crippen LogP contribution in [-0.2, 0) is 6.54 Å². The highest BCUT2D eigenvalue weighted by atomic mass is 16.1. The fraction of sp³-hybridized carbons (Fsp3) is 0.278. The van der Waals surface area contributed by atoms with Crippen molar-refractivity contribution >= 4 is 5.91 Å². The van der Waals surface area contributed by atoms with Crippen LogP contribution >= 0.6 is 0 Å². The molecule has 21 heavy (non-hydrogen) atoms. The van der Waals surface area contributed by atoms with Gasteiger partial charge < -0.3 is 11.1 Å². The minimum atomic E-state index is -0.383. The second-order valence-corrected chi connectivity index (χ2v) is 5.34. The van der Waals surface area contributed by atoms with E-state index in [9.17, 15) is 4.79 Å². The van der Waals surface area contributed by atoms with Gasteiger partial charge in [0.15, 0.2) is 0 Å². The number of carbonyl (C=O) groups excluding carboxylic acids is 1. The molecule has 110 valence electrons. The van der Waals surface area contributed by atoms with E-state index in [4.69, 9.17) is 5.73 Å². The van der Waals surface area contributed by atoms with Crippen molar-refractivity contribution in [1.82, 2.24) is 5.32 Å². The summed E-state index contributed by atoms with van der Waals surface area (Å²) in [4.78, 5) is 11.0. The number of benzene rings is 2. The zero-order valence-corrected chi connectivity index (χ0v) is 12.4. The Kier molecular flexibility index (Phi) is 5.52. The Balaban J connectivity index is 1.73. The molecule has 0 bridgehead atoms. The van der Waals surface area contributed by atoms with Crippen molar-refractivity contribution in [2.24, 2.45) is 5.73 Å². The average molecular weight is 282 g/mol. The fourth-order valence-corrected chi connectivity index (χ4v) is 2.29. The number of amides is 1. The first-order valence-corrected chi connectivity index (χ1v) is 7.31. The third kappa shape index (κ3) is 4.72. The molecule has 2 aromatic carbocycles. The predicted molar refractivity (Wildman–Crippen MR) is 86.1 cm³/mol. The van der Waals surface area contributed by atoms with E-state index in [1.807, 2.05) is 18.2 Å². The largest absolute Gasteiger partial charge is 0.366 e. The smallest absolute Gasteiger partial charge is 0.248 e. The molecule has 0 aliphatic heterocycles. The Bertz CT molecular complexity index is 564. The summed E-state index contributed by atoms with van der Waals surface area (Å²) in [5, 5.41) is 3.43. The number of carbonyl (C=O) groups is 1. The van der Waals surface area contributed by atoms with Crippen LogP contribution in [0, 0.1) is 0 Å². The Hall–Kier alpha value is -2.13. The van der Waals surface area contributed by atoms with E-state index in [0.29, 0.717) is 11.5 Å². The number of primary amides is 1. The third-order valence-electron chi connectivity index (χ3n) is 3.69. The normalized spacial score (nSPS) is 12.0. The fourth-order valence-electron chi connectivity index (χ4n) is 2.29. The van der Waals surface area contributed by atoms with E-state index >= 15 is 0 Å². The molecule has 0 aliphatic rings. The van der Waals surface area contributed by atoms with Gasteiger partial charge in [-0.25, -0.2) is 0 Å². The number of rotatable bonds is 7. The molecule has 0 heterocycles. The molecular weight excluding hydrogens is 260 g/mol. The van der Waals surface area contributed by atoms with Gasteiger partial charge in [-0.1, -0.05) is 49.4 Å². The van der Waals surface area contributed by atoms with Gasteiger partial charge >= 0.3 is 0 Å². The standard InChI is InChI=1S/C18H22N2O/c1-14(16-5-3-2-4-6-16)11-12-20-13-15-7-9-17(10-8-15)18(19)21/h2-10,14,20H,11-13H2,1H3,(H2,19,21). The predicted octanol–water partition coefficient (Wildman–Crippen LogP) is 3.07. The molecule has 0 saturated carbocycles. The molecule has 2 aromatic rings. The number of hydrogen-bond acceptors (Lipinski definition) is 2. The van der Waals surface area contributed by atoms with E-state index in [0.717, 1.165) is 25.1 Å². The van der Waals surface area contributed by atoms with Gasteiger partial charge in [-0.2, -0.15) is 0 Å². The summed E-state index contributed by atoms with van der Waals surface area (Å²) in [7, 11) is 0. The third-order valence-corrected chi connectivity index (χ3v) is 3.69. The first-order chi connectivity index (χ1) is 10.2. The highest BCUT2D eigenvalue weighted by Crippen LogP contribution is 2.17. The quantitative estimate of drug-likeness (QED) is 0.767. The molecule has 0 aromatic heterocycles. The highest BCUT2D eigenvalue weighted by molar-refractivity contribution is 5.92. The van der Waals surface area contributed by atoms with Crippen LogP contribution in [0.2, 0.25) is 0 Å². The summed E-state index contributed by atoms with van der Waals surface area (Å²) in [6.07, 6.45) is 1.10. The van der Waals surface area contributed by atoms with Crippen LogP contribution in [0.1, 0.15) is 40.7 Å². The molecule has 0 fully saturated rings. The minimum Gasteiger partial charge on any atom is -0.366 e. The van der Waals surface area contributed by atoms with Crippen molar-refractivity contribution in [1.29, 1.82) is 0 Å². The Morgan fingerprint density at radius 2 is 1.76 bits per heavy atom. The summed E-state index contributed by atoms with van der Waals surface area (Å²) in [5.74, 6) is 0.169. The van der Waals surface area contributed by atoms with Crippen molar-refractivity contribution in [3.8, 4) is 0 Å². The lowest BCUT2D eigenvalue weighted by atomic mass is 9.98. The van der Waals surface area contributed by atoms with Gasteiger partial charge in [0.2, 0.25) is 5.91 Å². The highest BCUT2D eigenvalue weighted by Gasteiger charge is 2.04. The number of nitrogens with two attached hydrogens (primary N) is 1.